The SMILES string of the molecule is CCOC(=O)NNC1=C(C(=O)C(F)(F)F)CCC1. The van der Waals surface area contributed by atoms with Gasteiger partial charge >= 0.3 is 12.3 Å². The molecule has 0 aromatic carbocycles. The molecule has 5 nitrogen and oxygen atoms in total. The van der Waals surface area contributed by atoms with Crippen molar-refractivity contribution in [3.8, 4) is 0 Å². The molecule has 0 radical (unpaired) electrons. The predicted octanol–water partition coefficient (Wildman–Crippen LogP) is 1.81. The van der Waals surface area contributed by atoms with Gasteiger partial charge in [-0.2, -0.15) is 13.2 Å². The summed E-state index contributed by atoms with van der Waals surface area (Å²) in [5, 5.41) is 0. The van der Waals surface area contributed by atoms with Crippen molar-refractivity contribution in [1.82, 2.24) is 10.9 Å². The quantitative estimate of drug-likeness (QED) is 0.761. The molecule has 0 aromatic heterocycles. The number of carbonyl (C=O) groups excluding carboxylic acids is 2. The Morgan fingerprint density at radius 3 is 2.56 bits per heavy atom. The summed E-state index contributed by atoms with van der Waals surface area (Å²) in [4.78, 5) is 22.0. The lowest BCUT2D eigenvalue weighted by Crippen LogP contribution is -2.38. The highest BCUT2D eigenvalue weighted by Gasteiger charge is 2.42. The molecule has 0 unspecified atom stereocenters. The van der Waals surface area contributed by atoms with Crippen LogP contribution in [0, 0.1) is 0 Å². The maximum absolute atomic E-state index is 12.3. The summed E-state index contributed by atoms with van der Waals surface area (Å²) in [6.07, 6.45) is -4.94. The van der Waals surface area contributed by atoms with Crippen LogP contribution in [0.15, 0.2) is 11.3 Å². The minimum absolute atomic E-state index is 0.0468. The van der Waals surface area contributed by atoms with Crippen LogP contribution in [0.1, 0.15) is 26.2 Å². The molecule has 102 valence electrons. The number of hydrogen-bond acceptors (Lipinski definition) is 4. The highest BCUT2D eigenvalue weighted by molar-refractivity contribution is 6.00. The molecule has 0 atom stereocenters. The van der Waals surface area contributed by atoms with Crippen LogP contribution in [0.5, 0.6) is 0 Å². The molecule has 1 aliphatic carbocycles. The number of rotatable bonds is 4. The molecule has 0 saturated heterocycles. The molecule has 0 aliphatic heterocycles. The molecule has 0 saturated carbocycles. The number of allylic oxidation sites excluding steroid dienone is 2. The van der Waals surface area contributed by atoms with E-state index in [-0.39, 0.29) is 30.7 Å². The van der Waals surface area contributed by atoms with E-state index in [2.05, 4.69) is 15.6 Å². The fourth-order valence-corrected chi connectivity index (χ4v) is 1.60. The fraction of sp³-hybridized carbons (Fsp3) is 0.600. The molecule has 0 spiro atoms. The van der Waals surface area contributed by atoms with Gasteiger partial charge in [-0.3, -0.25) is 10.2 Å². The van der Waals surface area contributed by atoms with Gasteiger partial charge in [-0.1, -0.05) is 0 Å². The molecule has 0 bridgehead atoms. The maximum Gasteiger partial charge on any atom is 0.454 e. The van der Waals surface area contributed by atoms with Gasteiger partial charge in [0, 0.05) is 11.3 Å². The summed E-state index contributed by atoms with van der Waals surface area (Å²) in [5.74, 6) is -1.87. The monoisotopic (exact) mass is 266 g/mol. The molecule has 2 N–H and O–H groups in total. The average molecular weight is 266 g/mol. The number of ketones is 1. The zero-order valence-corrected chi connectivity index (χ0v) is 9.69. The smallest absolute Gasteiger partial charge is 0.449 e. The third-order valence-corrected chi connectivity index (χ3v) is 2.34. The Bertz CT molecular complexity index is 377. The Balaban J connectivity index is 2.67. The Labute approximate surface area is 101 Å². The van der Waals surface area contributed by atoms with E-state index in [1.165, 1.54) is 0 Å². The summed E-state index contributed by atoms with van der Waals surface area (Å²) in [7, 11) is 0. The first-order valence-electron chi connectivity index (χ1n) is 5.38. The van der Waals surface area contributed by atoms with Crippen LogP contribution in [0.2, 0.25) is 0 Å². The number of carbonyl (C=O) groups is 2. The standard InChI is InChI=1S/C10H13F3N2O3/c1-2-18-9(17)15-14-7-5-3-4-6(7)8(16)10(11,12)13/h14H,2-5H2,1H3,(H,15,17). The van der Waals surface area contributed by atoms with Gasteiger partial charge in [0.2, 0.25) is 0 Å². The number of alkyl halides is 3. The summed E-state index contributed by atoms with van der Waals surface area (Å²) in [5.41, 5.74) is 4.13. The van der Waals surface area contributed by atoms with E-state index in [1.54, 1.807) is 6.92 Å². The number of hydrazine groups is 1. The number of ether oxygens (including phenoxy) is 1. The molecule has 0 fully saturated rings. The molecule has 0 aromatic rings. The van der Waals surface area contributed by atoms with Crippen LogP contribution in [-0.4, -0.2) is 24.7 Å². The van der Waals surface area contributed by atoms with E-state index in [4.69, 9.17) is 0 Å². The van der Waals surface area contributed by atoms with Gasteiger partial charge in [0.1, 0.15) is 0 Å². The first-order chi connectivity index (χ1) is 8.36. The van der Waals surface area contributed by atoms with Crippen molar-refractivity contribution in [3.05, 3.63) is 11.3 Å². The Morgan fingerprint density at radius 1 is 1.33 bits per heavy atom. The molecule has 8 heteroatoms. The second-order valence-electron chi connectivity index (χ2n) is 3.61. The van der Waals surface area contributed by atoms with E-state index in [0.717, 1.165) is 0 Å². The van der Waals surface area contributed by atoms with Gasteiger partial charge in [0.05, 0.1) is 6.61 Å². The summed E-state index contributed by atoms with van der Waals surface area (Å²) in [6, 6.07) is 0. The Kier molecular flexibility index (Phi) is 4.57. The average Bonchev–Trinajstić information content (AvgIpc) is 2.72. The second kappa shape index (κ2) is 5.74. The van der Waals surface area contributed by atoms with Crippen molar-refractivity contribution in [2.24, 2.45) is 0 Å². The first kappa shape index (κ1) is 14.3. The summed E-state index contributed by atoms with van der Waals surface area (Å²) >= 11 is 0. The minimum atomic E-state index is -4.89. The Hall–Kier alpha value is -1.73. The molecule has 1 aliphatic rings. The van der Waals surface area contributed by atoms with Crippen LogP contribution < -0.4 is 10.9 Å². The first-order valence-corrected chi connectivity index (χ1v) is 5.38. The second-order valence-corrected chi connectivity index (χ2v) is 3.61. The number of halogens is 3. The van der Waals surface area contributed by atoms with Crippen molar-refractivity contribution in [2.45, 2.75) is 32.4 Å². The summed E-state index contributed by atoms with van der Waals surface area (Å²) < 4.78 is 41.3. The van der Waals surface area contributed by atoms with E-state index in [9.17, 15) is 22.8 Å². The van der Waals surface area contributed by atoms with Gasteiger partial charge in [0.25, 0.3) is 5.78 Å². The zero-order chi connectivity index (χ0) is 13.8. The lowest BCUT2D eigenvalue weighted by atomic mass is 10.1. The fourth-order valence-electron chi connectivity index (χ4n) is 1.60. The molecule has 1 rings (SSSR count). The molecule has 1 amide bonds. The van der Waals surface area contributed by atoms with E-state index in [1.807, 2.05) is 0 Å². The Morgan fingerprint density at radius 2 is 2.00 bits per heavy atom. The van der Waals surface area contributed by atoms with Crippen molar-refractivity contribution >= 4 is 11.9 Å². The van der Waals surface area contributed by atoms with E-state index >= 15 is 0 Å². The van der Waals surface area contributed by atoms with Crippen LogP contribution >= 0.6 is 0 Å². The number of hydrogen-bond donors (Lipinski definition) is 2. The van der Waals surface area contributed by atoms with E-state index < -0.39 is 18.1 Å². The van der Waals surface area contributed by atoms with Crippen LogP contribution in [0.4, 0.5) is 18.0 Å². The predicted molar refractivity (Wildman–Crippen MR) is 55.2 cm³/mol. The van der Waals surface area contributed by atoms with Crippen molar-refractivity contribution in [3.63, 3.8) is 0 Å². The highest BCUT2D eigenvalue weighted by Crippen LogP contribution is 2.30. The molecular formula is C10H13F3N2O3. The van der Waals surface area contributed by atoms with Crippen LogP contribution in [-0.2, 0) is 9.53 Å². The zero-order valence-electron chi connectivity index (χ0n) is 9.69. The van der Waals surface area contributed by atoms with Crippen molar-refractivity contribution in [1.29, 1.82) is 0 Å². The maximum atomic E-state index is 12.3. The van der Waals surface area contributed by atoms with Crippen molar-refractivity contribution < 1.29 is 27.5 Å². The topological polar surface area (TPSA) is 67.4 Å². The third-order valence-electron chi connectivity index (χ3n) is 2.34. The third kappa shape index (κ3) is 3.64. The molecule has 0 heterocycles. The van der Waals surface area contributed by atoms with Gasteiger partial charge in [-0.05, 0) is 26.2 Å². The van der Waals surface area contributed by atoms with Gasteiger partial charge < -0.3 is 4.74 Å². The van der Waals surface area contributed by atoms with Gasteiger partial charge in [-0.25, -0.2) is 10.2 Å². The van der Waals surface area contributed by atoms with E-state index in [0.29, 0.717) is 6.42 Å². The number of amides is 1. The normalized spacial score (nSPS) is 15.6. The number of Topliss-reactive ketones (excluding diaryl/α,β-unsaturated/α-hetero) is 1. The molecule has 18 heavy (non-hydrogen) atoms. The largest absolute Gasteiger partial charge is 0.454 e. The minimum Gasteiger partial charge on any atom is -0.449 e. The highest BCUT2D eigenvalue weighted by atomic mass is 19.4. The van der Waals surface area contributed by atoms with Crippen LogP contribution in [0.3, 0.4) is 0 Å². The van der Waals surface area contributed by atoms with Gasteiger partial charge in [-0.15, -0.1) is 0 Å². The molecular weight excluding hydrogens is 253 g/mol. The van der Waals surface area contributed by atoms with Crippen LogP contribution in [0.25, 0.3) is 0 Å². The summed E-state index contributed by atoms with van der Waals surface area (Å²) in [6.45, 7) is 1.73. The lowest BCUT2D eigenvalue weighted by Gasteiger charge is -2.12. The van der Waals surface area contributed by atoms with Gasteiger partial charge in [0.15, 0.2) is 0 Å². The van der Waals surface area contributed by atoms with Crippen molar-refractivity contribution in [2.75, 3.05) is 6.61 Å². The lowest BCUT2D eigenvalue weighted by molar-refractivity contribution is -0.166. The number of nitrogens with one attached hydrogen (secondary N) is 2.